The van der Waals surface area contributed by atoms with Gasteiger partial charge in [-0.05, 0) is 59.7 Å². The third-order valence-corrected chi connectivity index (χ3v) is 6.98. The van der Waals surface area contributed by atoms with Crippen LogP contribution in [0.3, 0.4) is 0 Å². The largest absolute Gasteiger partial charge is 0.456 e. The number of nitrogens with zero attached hydrogens (tertiary/aromatic N) is 1. The number of halogens is 1. The van der Waals surface area contributed by atoms with E-state index in [0.29, 0.717) is 18.4 Å². The van der Waals surface area contributed by atoms with E-state index < -0.39 is 28.6 Å². The van der Waals surface area contributed by atoms with E-state index >= 15 is 0 Å². The van der Waals surface area contributed by atoms with Crippen LogP contribution in [0.2, 0.25) is 0 Å². The van der Waals surface area contributed by atoms with Crippen LogP contribution in [0.5, 0.6) is 0 Å². The van der Waals surface area contributed by atoms with Crippen molar-refractivity contribution in [1.29, 1.82) is 0 Å². The highest BCUT2D eigenvalue weighted by atomic mass is 127. The number of hydrogen-bond acceptors (Lipinski definition) is 5. The summed E-state index contributed by atoms with van der Waals surface area (Å²) in [5.74, 6) is -1.01. The number of ketones is 1. The van der Waals surface area contributed by atoms with Gasteiger partial charge in [-0.1, -0.05) is 30.3 Å². The van der Waals surface area contributed by atoms with E-state index in [-0.39, 0.29) is 17.2 Å². The molecule has 142 valence electrons. The second-order valence-electron chi connectivity index (χ2n) is 6.12. The highest BCUT2D eigenvalue weighted by Gasteiger charge is 2.40. The Bertz CT molecular complexity index is 928. The van der Waals surface area contributed by atoms with Gasteiger partial charge in [0.2, 0.25) is 10.0 Å². The molecule has 8 heteroatoms. The van der Waals surface area contributed by atoms with Gasteiger partial charge in [-0.25, -0.2) is 8.42 Å². The first-order valence-electron chi connectivity index (χ1n) is 8.42. The Balaban J connectivity index is 1.69. The molecule has 6 nitrogen and oxygen atoms in total. The van der Waals surface area contributed by atoms with Crippen LogP contribution < -0.4 is 0 Å². The van der Waals surface area contributed by atoms with Gasteiger partial charge >= 0.3 is 5.97 Å². The van der Waals surface area contributed by atoms with Crippen molar-refractivity contribution in [2.24, 2.45) is 0 Å². The molecule has 2 aromatic rings. The molecule has 1 saturated heterocycles. The quantitative estimate of drug-likeness (QED) is 0.347. The maximum Gasteiger partial charge on any atom is 0.324 e. The van der Waals surface area contributed by atoms with E-state index in [2.05, 4.69) is 22.6 Å². The summed E-state index contributed by atoms with van der Waals surface area (Å²) in [5.41, 5.74) is 0.445. The Labute approximate surface area is 171 Å². The fraction of sp³-hybridized carbons (Fsp3) is 0.263. The number of carbonyl (C=O) groups is 2. The Hall–Kier alpha value is -1.78. The lowest BCUT2D eigenvalue weighted by molar-refractivity contribution is -0.146. The lowest BCUT2D eigenvalue weighted by Crippen LogP contribution is -2.41. The maximum absolute atomic E-state index is 12.9. The molecule has 0 saturated carbocycles. The van der Waals surface area contributed by atoms with Gasteiger partial charge in [-0.15, -0.1) is 0 Å². The first-order chi connectivity index (χ1) is 12.9. The van der Waals surface area contributed by atoms with Gasteiger partial charge in [0.1, 0.15) is 6.04 Å². The molecule has 0 spiro atoms. The number of ether oxygens (including phenoxy) is 1. The Morgan fingerprint density at radius 3 is 2.41 bits per heavy atom. The molecule has 1 aliphatic heterocycles. The molecule has 0 bridgehead atoms. The molecule has 3 rings (SSSR count). The van der Waals surface area contributed by atoms with Gasteiger partial charge in [0.15, 0.2) is 12.4 Å². The topological polar surface area (TPSA) is 80.8 Å². The van der Waals surface area contributed by atoms with E-state index in [0.717, 1.165) is 3.57 Å². The van der Waals surface area contributed by atoms with Gasteiger partial charge in [0.05, 0.1) is 4.90 Å². The first-order valence-corrected chi connectivity index (χ1v) is 10.9. The van der Waals surface area contributed by atoms with Crippen LogP contribution in [0.25, 0.3) is 0 Å². The van der Waals surface area contributed by atoms with Gasteiger partial charge < -0.3 is 4.74 Å². The first kappa shape index (κ1) is 20.0. The fourth-order valence-electron chi connectivity index (χ4n) is 2.95. The second-order valence-corrected chi connectivity index (χ2v) is 9.26. The van der Waals surface area contributed by atoms with E-state index in [1.165, 1.54) is 16.4 Å². The number of hydrogen-bond donors (Lipinski definition) is 0. The highest BCUT2D eigenvalue weighted by Crippen LogP contribution is 2.27. The van der Waals surface area contributed by atoms with Crippen molar-refractivity contribution in [3.05, 3.63) is 63.7 Å². The van der Waals surface area contributed by atoms with Crippen molar-refractivity contribution < 1.29 is 22.7 Å². The smallest absolute Gasteiger partial charge is 0.324 e. The summed E-state index contributed by atoms with van der Waals surface area (Å²) < 4.78 is 33.0. The molecular formula is C19H18INO5S. The van der Waals surface area contributed by atoms with Crippen LogP contribution in [-0.2, 0) is 19.6 Å². The fourth-order valence-corrected chi connectivity index (χ4v) is 4.95. The number of benzene rings is 2. The van der Waals surface area contributed by atoms with E-state index in [1.807, 2.05) is 0 Å². The normalized spacial score (nSPS) is 17.6. The van der Waals surface area contributed by atoms with Gasteiger partial charge in [0, 0.05) is 15.7 Å². The van der Waals surface area contributed by atoms with Crippen LogP contribution in [0.4, 0.5) is 0 Å². The lowest BCUT2D eigenvalue weighted by atomic mass is 10.1. The van der Waals surface area contributed by atoms with E-state index in [9.17, 15) is 18.0 Å². The molecule has 0 radical (unpaired) electrons. The number of carbonyl (C=O) groups excluding carboxylic acids is 2. The predicted octanol–water partition coefficient (Wildman–Crippen LogP) is 2.87. The monoisotopic (exact) mass is 499 g/mol. The number of esters is 1. The predicted molar refractivity (Wildman–Crippen MR) is 108 cm³/mol. The Morgan fingerprint density at radius 2 is 1.74 bits per heavy atom. The van der Waals surface area contributed by atoms with Crippen molar-refractivity contribution in [2.45, 2.75) is 23.8 Å². The third-order valence-electron chi connectivity index (χ3n) is 4.34. The summed E-state index contributed by atoms with van der Waals surface area (Å²) in [6.07, 6.45) is 0.942. The van der Waals surface area contributed by atoms with Gasteiger partial charge in [0.25, 0.3) is 0 Å². The maximum atomic E-state index is 12.9. The zero-order valence-corrected chi connectivity index (χ0v) is 17.4. The van der Waals surface area contributed by atoms with Crippen molar-refractivity contribution in [3.63, 3.8) is 0 Å². The van der Waals surface area contributed by atoms with Crippen LogP contribution >= 0.6 is 22.6 Å². The molecular weight excluding hydrogens is 481 g/mol. The van der Waals surface area contributed by atoms with Gasteiger partial charge in [-0.3, -0.25) is 9.59 Å². The molecule has 1 fully saturated rings. The Kier molecular flexibility index (Phi) is 6.28. The zero-order chi connectivity index (χ0) is 19.4. The minimum Gasteiger partial charge on any atom is -0.456 e. The standard InChI is InChI=1S/C19H18INO5S/c20-15-8-10-16(11-9-15)27(24,25)21-12-4-7-17(21)19(23)26-13-18(22)14-5-2-1-3-6-14/h1-3,5-6,8-11,17H,4,7,12-13H2/t17-/m0/s1. The van der Waals surface area contributed by atoms with Crippen LogP contribution in [-0.4, -0.2) is 43.7 Å². The summed E-state index contributed by atoms with van der Waals surface area (Å²) in [4.78, 5) is 24.7. The molecule has 0 aromatic heterocycles. The van der Waals surface area contributed by atoms with Crippen molar-refractivity contribution >= 4 is 44.4 Å². The summed E-state index contributed by atoms with van der Waals surface area (Å²) in [6.45, 7) is -0.155. The van der Waals surface area contributed by atoms with E-state index in [4.69, 9.17) is 4.74 Å². The van der Waals surface area contributed by atoms with Crippen LogP contribution in [0.15, 0.2) is 59.5 Å². The lowest BCUT2D eigenvalue weighted by Gasteiger charge is -2.22. The molecule has 1 heterocycles. The SMILES string of the molecule is O=C(COC(=O)[C@@H]1CCCN1S(=O)(=O)c1ccc(I)cc1)c1ccccc1. The van der Waals surface area contributed by atoms with Gasteiger partial charge in [-0.2, -0.15) is 4.31 Å². The highest BCUT2D eigenvalue weighted by molar-refractivity contribution is 14.1. The summed E-state index contributed by atoms with van der Waals surface area (Å²) >= 11 is 2.09. The molecule has 27 heavy (non-hydrogen) atoms. The van der Waals surface area contributed by atoms with Crippen LogP contribution in [0.1, 0.15) is 23.2 Å². The summed E-state index contributed by atoms with van der Waals surface area (Å²) in [6, 6.07) is 14.1. The molecule has 1 aliphatic rings. The molecule has 0 aliphatic carbocycles. The average Bonchev–Trinajstić information content (AvgIpc) is 3.18. The van der Waals surface area contributed by atoms with Crippen LogP contribution in [0, 0.1) is 3.57 Å². The van der Waals surface area contributed by atoms with Crippen molar-refractivity contribution in [3.8, 4) is 0 Å². The molecule has 0 N–H and O–H groups in total. The number of sulfonamides is 1. The van der Waals surface area contributed by atoms with E-state index in [1.54, 1.807) is 42.5 Å². The summed E-state index contributed by atoms with van der Waals surface area (Å²) in [7, 11) is -3.80. The zero-order valence-electron chi connectivity index (χ0n) is 14.4. The summed E-state index contributed by atoms with van der Waals surface area (Å²) in [5, 5.41) is 0. The molecule has 2 aromatic carbocycles. The number of rotatable bonds is 6. The average molecular weight is 499 g/mol. The molecule has 1 atom stereocenters. The number of Topliss-reactive ketones (excluding diaryl/α,β-unsaturated/α-hetero) is 1. The molecule has 0 unspecified atom stereocenters. The van der Waals surface area contributed by atoms with Crippen molar-refractivity contribution in [1.82, 2.24) is 4.31 Å². The third kappa shape index (κ3) is 4.56. The minimum atomic E-state index is -3.80. The Morgan fingerprint density at radius 1 is 1.07 bits per heavy atom. The molecule has 0 amide bonds. The minimum absolute atomic E-state index is 0.142. The van der Waals surface area contributed by atoms with Crippen molar-refractivity contribution in [2.75, 3.05) is 13.2 Å². The second kappa shape index (κ2) is 8.49.